The third-order valence-electron chi connectivity index (χ3n) is 4.42. The molecule has 0 spiro atoms. The van der Waals surface area contributed by atoms with E-state index in [9.17, 15) is 5.11 Å². The molecule has 0 aliphatic rings. The predicted molar refractivity (Wildman–Crippen MR) is 96.5 cm³/mol. The lowest BCUT2D eigenvalue weighted by Gasteiger charge is -2.11. The molecule has 0 unspecified atom stereocenters. The molecule has 1 aromatic heterocycles. The second-order valence-electron chi connectivity index (χ2n) is 6.27. The van der Waals surface area contributed by atoms with Gasteiger partial charge in [-0.15, -0.1) is 0 Å². The van der Waals surface area contributed by atoms with E-state index < -0.39 is 0 Å². The zero-order valence-electron chi connectivity index (χ0n) is 13.3. The van der Waals surface area contributed by atoms with Crippen LogP contribution in [0.4, 0.5) is 0 Å². The van der Waals surface area contributed by atoms with Gasteiger partial charge in [-0.2, -0.15) is 0 Å². The van der Waals surface area contributed by atoms with Crippen molar-refractivity contribution in [3.63, 3.8) is 0 Å². The number of aromatic hydroxyl groups is 1. The average molecular weight is 301 g/mol. The molecule has 2 heteroatoms. The lowest BCUT2D eigenvalue weighted by atomic mass is 9.97. The van der Waals surface area contributed by atoms with Gasteiger partial charge in [0.05, 0.1) is 11.0 Å². The van der Waals surface area contributed by atoms with Gasteiger partial charge < -0.3 is 9.67 Å². The van der Waals surface area contributed by atoms with Gasteiger partial charge in [0, 0.05) is 22.5 Å². The summed E-state index contributed by atoms with van der Waals surface area (Å²) in [6, 6.07) is 22.5. The molecule has 0 atom stereocenters. The summed E-state index contributed by atoms with van der Waals surface area (Å²) in [7, 11) is 0. The van der Waals surface area contributed by atoms with Gasteiger partial charge in [-0.05, 0) is 35.7 Å². The van der Waals surface area contributed by atoms with Crippen LogP contribution in [0.5, 0.6) is 5.75 Å². The summed E-state index contributed by atoms with van der Waals surface area (Å²) in [4.78, 5) is 0. The number of benzene rings is 3. The first-order valence-electron chi connectivity index (χ1n) is 7.98. The third kappa shape index (κ3) is 2.10. The number of aromatic nitrogens is 1. The van der Waals surface area contributed by atoms with E-state index in [2.05, 4.69) is 54.8 Å². The Morgan fingerprint density at radius 1 is 0.826 bits per heavy atom. The summed E-state index contributed by atoms with van der Waals surface area (Å²) in [5, 5.41) is 12.7. The lowest BCUT2D eigenvalue weighted by molar-refractivity contribution is 0.475. The second-order valence-corrected chi connectivity index (χ2v) is 6.27. The lowest BCUT2D eigenvalue weighted by Crippen LogP contribution is -1.94. The summed E-state index contributed by atoms with van der Waals surface area (Å²) in [6.45, 7) is 4.34. The highest BCUT2D eigenvalue weighted by Gasteiger charge is 2.17. The molecule has 23 heavy (non-hydrogen) atoms. The molecule has 0 aliphatic heterocycles. The Labute approximate surface area is 135 Å². The number of hydrogen-bond acceptors (Lipinski definition) is 1. The van der Waals surface area contributed by atoms with Crippen LogP contribution in [0.1, 0.15) is 25.3 Å². The van der Waals surface area contributed by atoms with Crippen molar-refractivity contribution in [1.29, 1.82) is 0 Å². The first-order chi connectivity index (χ1) is 11.2. The topological polar surface area (TPSA) is 25.2 Å². The van der Waals surface area contributed by atoms with E-state index in [4.69, 9.17) is 0 Å². The van der Waals surface area contributed by atoms with Crippen molar-refractivity contribution >= 4 is 21.8 Å². The predicted octanol–water partition coefficient (Wildman–Crippen LogP) is 5.61. The van der Waals surface area contributed by atoms with Gasteiger partial charge in [-0.1, -0.05) is 50.2 Å². The fourth-order valence-electron chi connectivity index (χ4n) is 3.42. The van der Waals surface area contributed by atoms with E-state index in [1.54, 1.807) is 0 Å². The number of phenols is 1. The molecule has 3 aromatic carbocycles. The van der Waals surface area contributed by atoms with Crippen LogP contribution in [-0.2, 0) is 0 Å². The van der Waals surface area contributed by atoms with Crippen LogP contribution < -0.4 is 0 Å². The maximum absolute atomic E-state index is 10.2. The van der Waals surface area contributed by atoms with Crippen LogP contribution in [0.3, 0.4) is 0 Å². The van der Waals surface area contributed by atoms with Crippen molar-refractivity contribution in [1.82, 2.24) is 4.57 Å². The molecule has 0 fully saturated rings. The maximum atomic E-state index is 10.2. The number of fused-ring (bicyclic) bond motifs is 3. The zero-order chi connectivity index (χ0) is 16.0. The fourth-order valence-corrected chi connectivity index (χ4v) is 3.42. The molecule has 1 heterocycles. The van der Waals surface area contributed by atoms with Crippen LogP contribution in [-0.4, -0.2) is 9.67 Å². The van der Waals surface area contributed by atoms with E-state index in [0.717, 1.165) is 11.2 Å². The summed E-state index contributed by atoms with van der Waals surface area (Å²) in [6.07, 6.45) is 0. The minimum absolute atomic E-state index is 0.321. The highest BCUT2D eigenvalue weighted by Crippen LogP contribution is 2.38. The Kier molecular flexibility index (Phi) is 3.12. The molecule has 114 valence electrons. The standard InChI is InChI=1S/C21H19NO/c1-14(2)18-12-16(23)13-20-21(18)17-10-6-7-11-19(17)22(20)15-8-4-3-5-9-15/h3-14,23H,1-2H3. The molecule has 0 bridgehead atoms. The van der Waals surface area contributed by atoms with Crippen molar-refractivity contribution < 1.29 is 5.11 Å². The molecule has 4 aromatic rings. The zero-order valence-corrected chi connectivity index (χ0v) is 13.3. The number of nitrogens with zero attached hydrogens (tertiary/aromatic N) is 1. The summed E-state index contributed by atoms with van der Waals surface area (Å²) >= 11 is 0. The van der Waals surface area contributed by atoms with Crippen molar-refractivity contribution in [3.8, 4) is 11.4 Å². The van der Waals surface area contributed by atoms with Crippen LogP contribution in [0.2, 0.25) is 0 Å². The van der Waals surface area contributed by atoms with Gasteiger partial charge in [-0.3, -0.25) is 0 Å². The largest absolute Gasteiger partial charge is 0.508 e. The molecular weight excluding hydrogens is 282 g/mol. The molecule has 0 saturated carbocycles. The molecule has 2 nitrogen and oxygen atoms in total. The van der Waals surface area contributed by atoms with Crippen molar-refractivity contribution in [2.75, 3.05) is 0 Å². The van der Waals surface area contributed by atoms with Gasteiger partial charge in [0.15, 0.2) is 0 Å². The number of rotatable bonds is 2. The van der Waals surface area contributed by atoms with E-state index in [0.29, 0.717) is 11.7 Å². The molecule has 0 amide bonds. The molecule has 0 saturated heterocycles. The average Bonchev–Trinajstić information content (AvgIpc) is 2.88. The quantitative estimate of drug-likeness (QED) is 0.511. The van der Waals surface area contributed by atoms with Gasteiger partial charge in [0.2, 0.25) is 0 Å². The van der Waals surface area contributed by atoms with E-state index in [-0.39, 0.29) is 0 Å². The summed E-state index contributed by atoms with van der Waals surface area (Å²) in [5.41, 5.74) is 4.52. The molecule has 0 radical (unpaired) electrons. The van der Waals surface area contributed by atoms with Gasteiger partial charge in [0.25, 0.3) is 0 Å². The van der Waals surface area contributed by atoms with Gasteiger partial charge in [-0.25, -0.2) is 0 Å². The van der Waals surface area contributed by atoms with Crippen molar-refractivity contribution in [2.24, 2.45) is 0 Å². The molecule has 0 aliphatic carbocycles. The minimum Gasteiger partial charge on any atom is -0.508 e. The second kappa shape index (κ2) is 5.17. The van der Waals surface area contributed by atoms with Crippen LogP contribution >= 0.6 is 0 Å². The fraction of sp³-hybridized carbons (Fsp3) is 0.143. The third-order valence-corrected chi connectivity index (χ3v) is 4.42. The minimum atomic E-state index is 0.321. The van der Waals surface area contributed by atoms with E-state index >= 15 is 0 Å². The molecule has 1 N–H and O–H groups in total. The number of phenolic OH excluding ortho intramolecular Hbond substituents is 1. The number of para-hydroxylation sites is 2. The first-order valence-corrected chi connectivity index (χ1v) is 7.98. The highest BCUT2D eigenvalue weighted by atomic mass is 16.3. The molecular formula is C21H19NO. The Morgan fingerprint density at radius 3 is 2.26 bits per heavy atom. The van der Waals surface area contributed by atoms with Gasteiger partial charge in [0.1, 0.15) is 5.75 Å². The van der Waals surface area contributed by atoms with Gasteiger partial charge >= 0.3 is 0 Å². The smallest absolute Gasteiger partial charge is 0.117 e. The highest BCUT2D eigenvalue weighted by molar-refractivity contribution is 6.11. The summed E-state index contributed by atoms with van der Waals surface area (Å²) in [5.74, 6) is 0.667. The van der Waals surface area contributed by atoms with E-state index in [1.807, 2.05) is 30.3 Å². The van der Waals surface area contributed by atoms with Crippen LogP contribution in [0, 0.1) is 0 Å². The Bertz CT molecular complexity index is 997. The summed E-state index contributed by atoms with van der Waals surface area (Å²) < 4.78 is 2.23. The van der Waals surface area contributed by atoms with Crippen LogP contribution in [0.25, 0.3) is 27.5 Å². The monoisotopic (exact) mass is 301 g/mol. The Hall–Kier alpha value is -2.74. The first kappa shape index (κ1) is 13.9. The normalized spacial score (nSPS) is 11.6. The van der Waals surface area contributed by atoms with Crippen molar-refractivity contribution in [3.05, 3.63) is 72.3 Å². The maximum Gasteiger partial charge on any atom is 0.117 e. The molecule has 4 rings (SSSR count). The Balaban J connectivity index is 2.25. The number of hydrogen-bond donors (Lipinski definition) is 1. The Morgan fingerprint density at radius 2 is 1.52 bits per heavy atom. The SMILES string of the molecule is CC(C)c1cc(O)cc2c1c1ccccc1n2-c1ccccc1. The van der Waals surface area contributed by atoms with E-state index in [1.165, 1.54) is 21.9 Å². The van der Waals surface area contributed by atoms with Crippen molar-refractivity contribution in [2.45, 2.75) is 19.8 Å². The van der Waals surface area contributed by atoms with Crippen LogP contribution in [0.15, 0.2) is 66.7 Å².